The van der Waals surface area contributed by atoms with Gasteiger partial charge in [-0.1, -0.05) is 42.0 Å². The number of amides is 2. The Kier molecular flexibility index (Phi) is 3.20. The van der Waals surface area contributed by atoms with Crippen LogP contribution in [0.2, 0.25) is 0 Å². The summed E-state index contributed by atoms with van der Waals surface area (Å²) >= 11 is 0. The van der Waals surface area contributed by atoms with Crippen molar-refractivity contribution in [2.75, 3.05) is 0 Å². The molecule has 0 N–H and O–H groups in total. The predicted molar refractivity (Wildman–Crippen MR) is 76.7 cm³/mol. The summed E-state index contributed by atoms with van der Waals surface area (Å²) < 4.78 is 0. The van der Waals surface area contributed by atoms with Gasteiger partial charge in [0, 0.05) is 0 Å². The van der Waals surface area contributed by atoms with Crippen LogP contribution in [0.15, 0.2) is 42.0 Å². The van der Waals surface area contributed by atoms with Gasteiger partial charge in [0.15, 0.2) is 0 Å². The summed E-state index contributed by atoms with van der Waals surface area (Å²) in [4.78, 5) is 26.6. The highest BCUT2D eigenvalue weighted by Gasteiger charge is 2.49. The van der Waals surface area contributed by atoms with Gasteiger partial charge in [0.25, 0.3) is 0 Å². The van der Waals surface area contributed by atoms with E-state index in [0.29, 0.717) is 6.42 Å². The molecule has 3 nitrogen and oxygen atoms in total. The Hall–Kier alpha value is -1.90. The third-order valence-corrected chi connectivity index (χ3v) is 4.53. The SMILES string of the molecule is CC1=CC[C@@H]2C(=O)N([C@H](C)c3ccccc3)C(=O)[C@H]2C1. The molecule has 3 heteroatoms. The van der Waals surface area contributed by atoms with E-state index in [9.17, 15) is 9.59 Å². The van der Waals surface area contributed by atoms with Gasteiger partial charge in [0.05, 0.1) is 17.9 Å². The van der Waals surface area contributed by atoms with Crippen LogP contribution < -0.4 is 0 Å². The Balaban J connectivity index is 1.89. The molecule has 2 amide bonds. The highest BCUT2D eigenvalue weighted by Crippen LogP contribution is 2.40. The molecular weight excluding hydrogens is 250 g/mol. The van der Waals surface area contributed by atoms with Crippen LogP contribution in [0.3, 0.4) is 0 Å². The van der Waals surface area contributed by atoms with Crippen molar-refractivity contribution in [2.24, 2.45) is 11.8 Å². The number of likely N-dealkylation sites (tertiary alicyclic amines) is 1. The van der Waals surface area contributed by atoms with Crippen LogP contribution in [0.25, 0.3) is 0 Å². The maximum absolute atomic E-state index is 12.6. The van der Waals surface area contributed by atoms with Crippen LogP contribution in [-0.4, -0.2) is 16.7 Å². The minimum absolute atomic E-state index is 0.0000954. The van der Waals surface area contributed by atoms with E-state index in [1.165, 1.54) is 10.5 Å². The van der Waals surface area contributed by atoms with Gasteiger partial charge in [0.1, 0.15) is 0 Å². The fourth-order valence-electron chi connectivity index (χ4n) is 3.33. The number of carbonyl (C=O) groups is 2. The van der Waals surface area contributed by atoms with Crippen molar-refractivity contribution < 1.29 is 9.59 Å². The zero-order chi connectivity index (χ0) is 14.3. The van der Waals surface area contributed by atoms with Crippen molar-refractivity contribution in [1.29, 1.82) is 0 Å². The Morgan fingerprint density at radius 2 is 1.75 bits per heavy atom. The van der Waals surface area contributed by atoms with Gasteiger partial charge in [-0.15, -0.1) is 0 Å². The van der Waals surface area contributed by atoms with Crippen LogP contribution in [0.4, 0.5) is 0 Å². The van der Waals surface area contributed by atoms with Gasteiger partial charge in [-0.2, -0.15) is 0 Å². The number of fused-ring (bicyclic) bond motifs is 1. The van der Waals surface area contributed by atoms with Gasteiger partial charge in [-0.25, -0.2) is 0 Å². The molecular formula is C17H19NO2. The highest BCUT2D eigenvalue weighted by atomic mass is 16.2. The molecule has 2 aliphatic rings. The summed E-state index contributed by atoms with van der Waals surface area (Å²) in [5, 5.41) is 0. The molecule has 0 aromatic heterocycles. The summed E-state index contributed by atoms with van der Waals surface area (Å²) in [7, 11) is 0. The lowest BCUT2D eigenvalue weighted by Crippen LogP contribution is -2.33. The number of nitrogens with zero attached hydrogens (tertiary/aromatic N) is 1. The standard InChI is InChI=1S/C17H19NO2/c1-11-8-9-14-15(10-11)17(20)18(16(14)19)12(2)13-6-4-3-5-7-13/h3-8,12,14-15H,9-10H2,1-2H3/t12-,14+,15+/m1/s1. The number of benzene rings is 1. The van der Waals surface area contributed by atoms with E-state index >= 15 is 0 Å². The van der Waals surface area contributed by atoms with Crippen LogP contribution in [0, 0.1) is 11.8 Å². The van der Waals surface area contributed by atoms with E-state index in [1.807, 2.05) is 44.2 Å². The van der Waals surface area contributed by atoms with Gasteiger partial charge in [-0.05, 0) is 32.3 Å². The van der Waals surface area contributed by atoms with Gasteiger partial charge < -0.3 is 0 Å². The van der Waals surface area contributed by atoms with Gasteiger partial charge in [-0.3, -0.25) is 14.5 Å². The Morgan fingerprint density at radius 3 is 2.45 bits per heavy atom. The second-order valence-corrected chi connectivity index (χ2v) is 5.84. The maximum atomic E-state index is 12.6. The fourth-order valence-corrected chi connectivity index (χ4v) is 3.33. The number of allylic oxidation sites excluding steroid dienone is 2. The Morgan fingerprint density at radius 1 is 1.10 bits per heavy atom. The Bertz CT molecular complexity index is 576. The lowest BCUT2D eigenvalue weighted by molar-refractivity contribution is -0.142. The second-order valence-electron chi connectivity index (χ2n) is 5.84. The molecule has 0 bridgehead atoms. The molecule has 0 unspecified atom stereocenters. The third-order valence-electron chi connectivity index (χ3n) is 4.53. The van der Waals surface area contributed by atoms with Crippen molar-refractivity contribution in [3.8, 4) is 0 Å². The third kappa shape index (κ3) is 1.98. The van der Waals surface area contributed by atoms with Gasteiger partial charge in [0.2, 0.25) is 11.8 Å². The van der Waals surface area contributed by atoms with E-state index < -0.39 is 0 Å². The first-order valence-corrected chi connectivity index (χ1v) is 7.17. The average Bonchev–Trinajstić information content (AvgIpc) is 2.71. The van der Waals surface area contributed by atoms with Crippen LogP contribution >= 0.6 is 0 Å². The summed E-state index contributed by atoms with van der Waals surface area (Å²) in [5.41, 5.74) is 2.24. The van der Waals surface area contributed by atoms with Crippen molar-refractivity contribution in [3.63, 3.8) is 0 Å². The number of carbonyl (C=O) groups excluding carboxylic acids is 2. The molecule has 3 atom stereocenters. The second kappa shape index (κ2) is 4.89. The zero-order valence-electron chi connectivity index (χ0n) is 11.9. The summed E-state index contributed by atoms with van der Waals surface area (Å²) in [6.45, 7) is 3.97. The molecule has 0 radical (unpaired) electrons. The Labute approximate surface area is 119 Å². The lowest BCUT2D eigenvalue weighted by Gasteiger charge is -2.23. The molecule has 1 aliphatic heterocycles. The van der Waals surface area contributed by atoms with Gasteiger partial charge >= 0.3 is 0 Å². The van der Waals surface area contributed by atoms with E-state index in [-0.39, 0.29) is 29.7 Å². The van der Waals surface area contributed by atoms with Crippen LogP contribution in [-0.2, 0) is 9.59 Å². The fraction of sp³-hybridized carbons (Fsp3) is 0.412. The maximum Gasteiger partial charge on any atom is 0.233 e. The van der Waals surface area contributed by atoms with Crippen molar-refractivity contribution >= 4 is 11.8 Å². The molecule has 1 saturated heterocycles. The van der Waals surface area contributed by atoms with Crippen molar-refractivity contribution in [3.05, 3.63) is 47.5 Å². The van der Waals surface area contributed by atoms with E-state index in [2.05, 4.69) is 6.08 Å². The van der Waals surface area contributed by atoms with Crippen molar-refractivity contribution in [1.82, 2.24) is 4.90 Å². The summed E-state index contributed by atoms with van der Waals surface area (Å²) in [6, 6.07) is 9.58. The quantitative estimate of drug-likeness (QED) is 0.611. The molecule has 1 heterocycles. The van der Waals surface area contributed by atoms with Crippen LogP contribution in [0.1, 0.15) is 38.3 Å². The topological polar surface area (TPSA) is 37.4 Å². The number of imide groups is 1. The molecule has 0 spiro atoms. The highest BCUT2D eigenvalue weighted by molar-refractivity contribution is 6.05. The zero-order valence-corrected chi connectivity index (χ0v) is 11.9. The lowest BCUT2D eigenvalue weighted by atomic mass is 9.82. The smallest absolute Gasteiger partial charge is 0.233 e. The number of hydrogen-bond donors (Lipinski definition) is 0. The molecule has 1 aromatic carbocycles. The van der Waals surface area contributed by atoms with E-state index in [4.69, 9.17) is 0 Å². The molecule has 0 saturated carbocycles. The minimum atomic E-state index is -0.179. The normalized spacial score (nSPS) is 27.3. The number of hydrogen-bond acceptors (Lipinski definition) is 2. The first kappa shape index (κ1) is 13.1. The summed E-state index contributed by atoms with van der Waals surface area (Å²) in [5.74, 6) is -0.278. The van der Waals surface area contributed by atoms with E-state index in [1.54, 1.807) is 0 Å². The molecule has 20 heavy (non-hydrogen) atoms. The predicted octanol–water partition coefficient (Wildman–Crippen LogP) is 3.09. The molecule has 1 aliphatic carbocycles. The van der Waals surface area contributed by atoms with Crippen molar-refractivity contribution in [2.45, 2.75) is 32.7 Å². The summed E-state index contributed by atoms with van der Waals surface area (Å²) in [6.07, 6.45) is 3.54. The minimum Gasteiger partial charge on any atom is -0.275 e. The molecule has 3 rings (SSSR count). The first-order valence-electron chi connectivity index (χ1n) is 7.17. The molecule has 1 fully saturated rings. The molecule has 1 aromatic rings. The van der Waals surface area contributed by atoms with Crippen LogP contribution in [0.5, 0.6) is 0 Å². The number of rotatable bonds is 2. The van der Waals surface area contributed by atoms with E-state index in [0.717, 1.165) is 12.0 Å². The first-order chi connectivity index (χ1) is 9.59. The largest absolute Gasteiger partial charge is 0.275 e. The average molecular weight is 269 g/mol. The monoisotopic (exact) mass is 269 g/mol. The molecule has 104 valence electrons.